The molecule has 0 spiro atoms. The van der Waals surface area contributed by atoms with Crippen LogP contribution in [0.15, 0.2) is 79.0 Å². The van der Waals surface area contributed by atoms with Crippen LogP contribution in [0.2, 0.25) is 0 Å². The summed E-state index contributed by atoms with van der Waals surface area (Å²) in [4.78, 5) is 13.2. The Morgan fingerprint density at radius 2 is 1.81 bits per heavy atom. The van der Waals surface area contributed by atoms with Crippen LogP contribution >= 0.6 is 0 Å². The van der Waals surface area contributed by atoms with Crippen molar-refractivity contribution >= 4 is 5.91 Å². The Labute approximate surface area is 185 Å². The Bertz CT molecular complexity index is 1240. The number of nitrogens with one attached hydrogen (secondary N) is 1. The number of aromatic nitrogens is 2. The lowest BCUT2D eigenvalue weighted by atomic mass is 10.1. The fraction of sp³-hybridized carbons (Fsp3) is 0.120. The summed E-state index contributed by atoms with van der Waals surface area (Å²) in [5.74, 6) is 0.483. The zero-order valence-electron chi connectivity index (χ0n) is 17.7. The molecule has 0 aliphatic carbocycles. The maximum Gasteiger partial charge on any atom is 0.255 e. The summed E-state index contributed by atoms with van der Waals surface area (Å²) >= 11 is 0. The van der Waals surface area contributed by atoms with E-state index < -0.39 is 0 Å². The summed E-state index contributed by atoms with van der Waals surface area (Å²) in [5.41, 5.74) is 2.89. The number of carbonyl (C=O) groups excluding carboxylic acids is 1. The minimum Gasteiger partial charge on any atom is -0.497 e. The minimum atomic E-state index is -0.351. The Morgan fingerprint density at radius 1 is 1.00 bits per heavy atom. The highest BCUT2D eigenvalue weighted by atomic mass is 19.1. The highest BCUT2D eigenvalue weighted by molar-refractivity contribution is 6.00. The number of hydrogen-bond acceptors (Lipinski definition) is 4. The molecule has 162 valence electrons. The molecule has 0 aliphatic heterocycles. The lowest BCUT2D eigenvalue weighted by molar-refractivity contribution is 0.0951. The molecule has 0 bridgehead atoms. The van der Waals surface area contributed by atoms with E-state index in [1.165, 1.54) is 12.1 Å². The molecule has 1 aromatic heterocycles. The number of hydrogen-bond donors (Lipinski definition) is 1. The molecule has 0 saturated carbocycles. The second-order valence-corrected chi connectivity index (χ2v) is 7.05. The van der Waals surface area contributed by atoms with Crippen molar-refractivity contribution in [2.75, 3.05) is 14.2 Å². The van der Waals surface area contributed by atoms with Crippen LogP contribution in [0, 0.1) is 5.82 Å². The molecule has 0 fully saturated rings. The van der Waals surface area contributed by atoms with E-state index in [4.69, 9.17) is 9.47 Å². The van der Waals surface area contributed by atoms with Crippen molar-refractivity contribution in [1.29, 1.82) is 0 Å². The molecule has 1 amide bonds. The fourth-order valence-electron chi connectivity index (χ4n) is 3.38. The standard InChI is InChI=1S/C25H22FN3O3/c1-31-20-11-12-23(32-2)21(14-20)24-22(16-29(28-24)19-9-4-3-5-10-19)25(30)27-15-17-7-6-8-18(26)13-17/h3-14,16H,15H2,1-2H3,(H,27,30). The normalized spacial score (nSPS) is 10.6. The molecule has 0 radical (unpaired) electrons. The van der Waals surface area contributed by atoms with Gasteiger partial charge in [-0.3, -0.25) is 4.79 Å². The van der Waals surface area contributed by atoms with Crippen LogP contribution in [0.3, 0.4) is 0 Å². The van der Waals surface area contributed by atoms with Gasteiger partial charge in [0, 0.05) is 18.3 Å². The van der Waals surface area contributed by atoms with Crippen LogP contribution < -0.4 is 14.8 Å². The summed E-state index contributed by atoms with van der Waals surface area (Å²) < 4.78 is 26.0. The van der Waals surface area contributed by atoms with Crippen molar-refractivity contribution in [2.45, 2.75) is 6.54 Å². The first-order chi connectivity index (χ1) is 15.6. The van der Waals surface area contributed by atoms with Gasteiger partial charge in [0.05, 0.1) is 25.5 Å². The molecule has 0 saturated heterocycles. The minimum absolute atomic E-state index is 0.182. The van der Waals surface area contributed by atoms with Crippen LogP contribution in [0.5, 0.6) is 11.5 Å². The van der Waals surface area contributed by atoms with Crippen LogP contribution in [0.25, 0.3) is 16.9 Å². The zero-order valence-corrected chi connectivity index (χ0v) is 17.7. The number of benzene rings is 3. The third kappa shape index (κ3) is 4.46. The Kier molecular flexibility index (Phi) is 6.17. The number of rotatable bonds is 7. The van der Waals surface area contributed by atoms with Gasteiger partial charge < -0.3 is 14.8 Å². The average Bonchev–Trinajstić information content (AvgIpc) is 3.28. The number of nitrogens with zero attached hydrogens (tertiary/aromatic N) is 2. The number of methoxy groups -OCH3 is 2. The van der Waals surface area contributed by atoms with E-state index in [-0.39, 0.29) is 18.3 Å². The smallest absolute Gasteiger partial charge is 0.255 e. The van der Waals surface area contributed by atoms with Gasteiger partial charge in [-0.05, 0) is 48.0 Å². The van der Waals surface area contributed by atoms with Gasteiger partial charge in [0.25, 0.3) is 5.91 Å². The van der Waals surface area contributed by atoms with Crippen molar-refractivity contribution in [2.24, 2.45) is 0 Å². The Morgan fingerprint density at radius 3 is 2.53 bits per heavy atom. The van der Waals surface area contributed by atoms with Crippen molar-refractivity contribution < 1.29 is 18.7 Å². The van der Waals surface area contributed by atoms with Crippen LogP contribution in [0.1, 0.15) is 15.9 Å². The van der Waals surface area contributed by atoms with Gasteiger partial charge in [0.2, 0.25) is 0 Å². The summed E-state index contributed by atoms with van der Waals surface area (Å²) in [5, 5.41) is 7.54. The molecule has 6 nitrogen and oxygen atoms in total. The molecule has 4 aromatic rings. The monoisotopic (exact) mass is 431 g/mol. The number of ether oxygens (including phenoxy) is 2. The highest BCUT2D eigenvalue weighted by Crippen LogP contribution is 2.35. The molecule has 0 unspecified atom stereocenters. The van der Waals surface area contributed by atoms with Gasteiger partial charge in [-0.2, -0.15) is 5.10 Å². The second-order valence-electron chi connectivity index (χ2n) is 7.05. The Hall–Kier alpha value is -4.13. The second kappa shape index (κ2) is 9.34. The van der Waals surface area contributed by atoms with Gasteiger partial charge in [0.15, 0.2) is 0 Å². The van der Waals surface area contributed by atoms with Gasteiger partial charge >= 0.3 is 0 Å². The molecule has 7 heteroatoms. The molecule has 4 rings (SSSR count). The van der Waals surface area contributed by atoms with E-state index in [2.05, 4.69) is 10.4 Å². The number of amides is 1. The van der Waals surface area contributed by atoms with Gasteiger partial charge in [0.1, 0.15) is 23.0 Å². The first kappa shape index (κ1) is 21.1. The number of para-hydroxylation sites is 1. The third-order valence-corrected chi connectivity index (χ3v) is 4.98. The Balaban J connectivity index is 1.75. The average molecular weight is 431 g/mol. The van der Waals surface area contributed by atoms with E-state index in [0.717, 1.165) is 5.69 Å². The van der Waals surface area contributed by atoms with E-state index in [0.29, 0.717) is 33.9 Å². The first-order valence-electron chi connectivity index (χ1n) is 9.99. The molecule has 3 aromatic carbocycles. The van der Waals surface area contributed by atoms with E-state index in [1.807, 2.05) is 30.3 Å². The van der Waals surface area contributed by atoms with Crippen LogP contribution in [0.4, 0.5) is 4.39 Å². The maximum absolute atomic E-state index is 13.5. The summed E-state index contributed by atoms with van der Waals surface area (Å²) in [6, 6.07) is 20.9. The first-order valence-corrected chi connectivity index (χ1v) is 9.99. The largest absolute Gasteiger partial charge is 0.497 e. The molecular formula is C25H22FN3O3. The quantitative estimate of drug-likeness (QED) is 0.464. The lowest BCUT2D eigenvalue weighted by Gasteiger charge is -2.10. The van der Waals surface area contributed by atoms with Gasteiger partial charge in [-0.15, -0.1) is 0 Å². The van der Waals surface area contributed by atoms with Crippen LogP contribution in [-0.4, -0.2) is 29.9 Å². The summed E-state index contributed by atoms with van der Waals surface area (Å²) in [6.07, 6.45) is 1.67. The lowest BCUT2D eigenvalue weighted by Crippen LogP contribution is -2.23. The molecular weight excluding hydrogens is 409 g/mol. The predicted molar refractivity (Wildman–Crippen MR) is 120 cm³/mol. The van der Waals surface area contributed by atoms with Crippen LogP contribution in [-0.2, 0) is 6.54 Å². The van der Waals surface area contributed by atoms with Gasteiger partial charge in [-0.25, -0.2) is 9.07 Å². The van der Waals surface area contributed by atoms with E-state index >= 15 is 0 Å². The maximum atomic E-state index is 13.5. The SMILES string of the molecule is COc1ccc(OC)c(-c2nn(-c3ccccc3)cc2C(=O)NCc2cccc(F)c2)c1. The molecule has 0 atom stereocenters. The highest BCUT2D eigenvalue weighted by Gasteiger charge is 2.22. The molecule has 32 heavy (non-hydrogen) atoms. The fourth-order valence-corrected chi connectivity index (χ4v) is 3.38. The van der Waals surface area contributed by atoms with Crippen molar-refractivity contribution in [3.05, 3.63) is 95.9 Å². The predicted octanol–water partition coefficient (Wildman–Crippen LogP) is 4.63. The van der Waals surface area contributed by atoms with Gasteiger partial charge in [-0.1, -0.05) is 30.3 Å². The number of halogens is 1. The molecule has 1 heterocycles. The molecule has 1 N–H and O–H groups in total. The summed E-state index contributed by atoms with van der Waals surface area (Å²) in [6.45, 7) is 0.182. The van der Waals surface area contributed by atoms with Crippen molar-refractivity contribution in [1.82, 2.24) is 15.1 Å². The summed E-state index contributed by atoms with van der Waals surface area (Å²) in [7, 11) is 3.13. The van der Waals surface area contributed by atoms with Crippen molar-refractivity contribution in [3.8, 4) is 28.4 Å². The molecule has 0 aliphatic rings. The topological polar surface area (TPSA) is 65.4 Å². The van der Waals surface area contributed by atoms with E-state index in [9.17, 15) is 9.18 Å². The van der Waals surface area contributed by atoms with E-state index in [1.54, 1.807) is 55.4 Å². The third-order valence-electron chi connectivity index (χ3n) is 4.98. The van der Waals surface area contributed by atoms with Crippen molar-refractivity contribution in [3.63, 3.8) is 0 Å². The zero-order chi connectivity index (χ0) is 22.5. The number of carbonyl (C=O) groups is 1.